The molecule has 34 heavy (non-hydrogen) atoms. The molecule has 12 heteroatoms. The third-order valence-corrected chi connectivity index (χ3v) is 7.77. The van der Waals surface area contributed by atoms with E-state index in [0.29, 0.717) is 6.54 Å². The SMILES string of the molecule is C[C@H](c1ccccc1C1=CCCNC1)n1c(=O)oc2cc(S(=O)(=O)Nc3ncns3)c(F)cc21. The number of aromatic nitrogens is 3. The number of nitrogens with zero attached hydrogens (tertiary/aromatic N) is 3. The van der Waals surface area contributed by atoms with Gasteiger partial charge in [-0.2, -0.15) is 4.37 Å². The quantitative estimate of drug-likeness (QED) is 0.416. The lowest BCUT2D eigenvalue weighted by Crippen LogP contribution is -2.24. The Kier molecular flexibility index (Phi) is 5.80. The highest BCUT2D eigenvalue weighted by Gasteiger charge is 2.26. The van der Waals surface area contributed by atoms with Crippen molar-refractivity contribution >= 4 is 43.4 Å². The lowest BCUT2D eigenvalue weighted by Gasteiger charge is -2.21. The molecule has 1 aliphatic heterocycles. The topological polar surface area (TPSA) is 119 Å². The van der Waals surface area contributed by atoms with Gasteiger partial charge in [0.25, 0.3) is 10.0 Å². The first-order valence-corrected chi connectivity index (χ1v) is 12.7. The van der Waals surface area contributed by atoms with Crippen LogP contribution in [0.4, 0.5) is 9.52 Å². The molecule has 0 fully saturated rings. The minimum absolute atomic E-state index is 0.00439. The highest BCUT2D eigenvalue weighted by Crippen LogP contribution is 2.31. The molecule has 1 atom stereocenters. The Balaban J connectivity index is 1.59. The van der Waals surface area contributed by atoms with Crippen molar-refractivity contribution in [2.75, 3.05) is 17.8 Å². The molecule has 0 aliphatic carbocycles. The van der Waals surface area contributed by atoms with Crippen LogP contribution in [-0.4, -0.2) is 35.4 Å². The highest BCUT2D eigenvalue weighted by atomic mass is 32.2. The van der Waals surface area contributed by atoms with Crippen LogP contribution in [0.5, 0.6) is 0 Å². The summed E-state index contributed by atoms with van der Waals surface area (Å²) in [6, 6.07) is 9.25. The molecule has 2 aromatic carbocycles. The van der Waals surface area contributed by atoms with Crippen molar-refractivity contribution in [3.05, 3.63) is 76.3 Å². The van der Waals surface area contributed by atoms with Crippen LogP contribution in [0.2, 0.25) is 0 Å². The summed E-state index contributed by atoms with van der Waals surface area (Å²) in [4.78, 5) is 15.9. The first-order chi connectivity index (χ1) is 16.3. The number of hydrogen-bond donors (Lipinski definition) is 2. The van der Waals surface area contributed by atoms with Crippen molar-refractivity contribution in [3.8, 4) is 0 Å². The van der Waals surface area contributed by atoms with Gasteiger partial charge in [0.05, 0.1) is 11.6 Å². The number of rotatable bonds is 6. The molecule has 5 rings (SSSR count). The Morgan fingerprint density at radius 2 is 2.12 bits per heavy atom. The van der Waals surface area contributed by atoms with Crippen molar-refractivity contribution in [2.45, 2.75) is 24.3 Å². The van der Waals surface area contributed by atoms with E-state index in [9.17, 15) is 13.2 Å². The molecular weight excluding hydrogens is 481 g/mol. The minimum Gasteiger partial charge on any atom is -0.408 e. The summed E-state index contributed by atoms with van der Waals surface area (Å²) in [5, 5.41) is 3.34. The van der Waals surface area contributed by atoms with Crippen LogP contribution >= 0.6 is 11.5 Å². The number of fused-ring (bicyclic) bond motifs is 1. The fourth-order valence-corrected chi connectivity index (χ4v) is 5.88. The molecule has 3 heterocycles. The Morgan fingerprint density at radius 1 is 1.29 bits per heavy atom. The molecule has 1 aliphatic rings. The maximum Gasteiger partial charge on any atom is 0.420 e. The number of benzene rings is 2. The van der Waals surface area contributed by atoms with Gasteiger partial charge < -0.3 is 9.73 Å². The normalized spacial score (nSPS) is 15.3. The zero-order chi connectivity index (χ0) is 23.9. The van der Waals surface area contributed by atoms with Gasteiger partial charge in [0.1, 0.15) is 17.0 Å². The fraction of sp³-hybridized carbons (Fsp3) is 0.227. The average molecular weight is 502 g/mol. The van der Waals surface area contributed by atoms with E-state index < -0.39 is 32.5 Å². The van der Waals surface area contributed by atoms with Gasteiger partial charge in [-0.25, -0.2) is 22.6 Å². The predicted molar refractivity (Wildman–Crippen MR) is 127 cm³/mol. The summed E-state index contributed by atoms with van der Waals surface area (Å²) < 4.78 is 53.0. The molecule has 9 nitrogen and oxygen atoms in total. The fourth-order valence-electron chi connectivity index (χ4n) is 4.14. The van der Waals surface area contributed by atoms with E-state index in [-0.39, 0.29) is 16.2 Å². The summed E-state index contributed by atoms with van der Waals surface area (Å²) in [6.45, 7) is 3.44. The van der Waals surface area contributed by atoms with Gasteiger partial charge in [-0.05, 0) is 36.6 Å². The predicted octanol–water partition coefficient (Wildman–Crippen LogP) is 3.37. The minimum atomic E-state index is -4.31. The van der Waals surface area contributed by atoms with Crippen LogP contribution in [0.15, 0.2) is 62.9 Å². The lowest BCUT2D eigenvalue weighted by molar-refractivity contribution is 0.489. The van der Waals surface area contributed by atoms with E-state index >= 15 is 4.39 Å². The average Bonchev–Trinajstić information content (AvgIpc) is 3.44. The number of oxazole rings is 1. The van der Waals surface area contributed by atoms with E-state index in [1.165, 1.54) is 10.9 Å². The molecular formula is C22H20FN5O4S2. The highest BCUT2D eigenvalue weighted by molar-refractivity contribution is 7.93. The first kappa shape index (κ1) is 22.4. The molecule has 0 amide bonds. The van der Waals surface area contributed by atoms with Gasteiger partial charge in [-0.3, -0.25) is 9.29 Å². The monoisotopic (exact) mass is 501 g/mol. The van der Waals surface area contributed by atoms with E-state index in [2.05, 4.69) is 25.5 Å². The molecule has 0 saturated heterocycles. The number of halogens is 1. The Labute approximate surface area is 198 Å². The smallest absolute Gasteiger partial charge is 0.408 e. The molecule has 4 aromatic rings. The zero-order valence-electron chi connectivity index (χ0n) is 18.0. The molecule has 2 N–H and O–H groups in total. The summed E-state index contributed by atoms with van der Waals surface area (Å²) in [5.41, 5.74) is 3.11. The van der Waals surface area contributed by atoms with Gasteiger partial charge in [0.15, 0.2) is 5.58 Å². The molecule has 176 valence electrons. The third-order valence-electron chi connectivity index (χ3n) is 5.71. The molecule has 0 spiro atoms. The van der Waals surface area contributed by atoms with Crippen molar-refractivity contribution in [1.82, 2.24) is 19.2 Å². The van der Waals surface area contributed by atoms with Crippen molar-refractivity contribution in [2.24, 2.45) is 0 Å². The van der Waals surface area contributed by atoms with Gasteiger partial charge in [0.2, 0.25) is 5.13 Å². The van der Waals surface area contributed by atoms with Crippen LogP contribution in [0.1, 0.15) is 30.5 Å². The summed E-state index contributed by atoms with van der Waals surface area (Å²) >= 11 is 0.815. The Hall–Kier alpha value is -3.35. The third kappa shape index (κ3) is 4.04. The summed E-state index contributed by atoms with van der Waals surface area (Å²) in [6.07, 6.45) is 4.25. The van der Waals surface area contributed by atoms with Crippen LogP contribution in [0, 0.1) is 5.82 Å². The van der Waals surface area contributed by atoms with Crippen molar-refractivity contribution < 1.29 is 17.2 Å². The lowest BCUT2D eigenvalue weighted by atomic mass is 9.93. The molecule has 0 bridgehead atoms. The van der Waals surface area contributed by atoms with Crippen molar-refractivity contribution in [1.29, 1.82) is 0 Å². The van der Waals surface area contributed by atoms with E-state index in [0.717, 1.165) is 53.3 Å². The Morgan fingerprint density at radius 3 is 2.85 bits per heavy atom. The van der Waals surface area contributed by atoms with Crippen LogP contribution in [0.25, 0.3) is 16.7 Å². The second kappa shape index (κ2) is 8.78. The molecule has 0 saturated carbocycles. The summed E-state index contributed by atoms with van der Waals surface area (Å²) in [5.74, 6) is -1.72. The first-order valence-electron chi connectivity index (χ1n) is 10.5. The zero-order valence-corrected chi connectivity index (χ0v) is 19.6. The van der Waals surface area contributed by atoms with Crippen LogP contribution in [0.3, 0.4) is 0 Å². The second-order valence-corrected chi connectivity index (χ2v) is 10.2. The van der Waals surface area contributed by atoms with Gasteiger partial charge >= 0.3 is 5.76 Å². The second-order valence-electron chi connectivity index (χ2n) is 7.80. The van der Waals surface area contributed by atoms with Gasteiger partial charge in [0, 0.05) is 30.2 Å². The van der Waals surface area contributed by atoms with Gasteiger partial charge in [-0.15, -0.1) is 0 Å². The van der Waals surface area contributed by atoms with Gasteiger partial charge in [-0.1, -0.05) is 30.3 Å². The largest absolute Gasteiger partial charge is 0.420 e. The van der Waals surface area contributed by atoms with Crippen LogP contribution in [-0.2, 0) is 10.0 Å². The van der Waals surface area contributed by atoms with E-state index in [1.54, 1.807) is 0 Å². The Bertz CT molecular complexity index is 1560. The van der Waals surface area contributed by atoms with E-state index in [4.69, 9.17) is 4.42 Å². The van der Waals surface area contributed by atoms with Crippen molar-refractivity contribution in [3.63, 3.8) is 0 Å². The molecule has 0 unspecified atom stereocenters. The number of nitrogens with one attached hydrogen (secondary N) is 2. The standard InChI is InChI=1S/C22H20FN5O4S2/c1-13(15-6-2-3-7-16(15)14-5-4-8-24-11-14)28-18-9-17(23)20(10-19(18)32-22(28)29)34(30,31)27-21-25-12-26-33-21/h2-3,5-7,9-10,12-13,24H,4,8,11H2,1H3,(H,25,26,27)/t13-/m1/s1. The number of hydrogen-bond acceptors (Lipinski definition) is 8. The maximum absolute atomic E-state index is 15.0. The number of sulfonamides is 1. The molecule has 2 aromatic heterocycles. The summed E-state index contributed by atoms with van der Waals surface area (Å²) in [7, 11) is -4.31. The molecule has 0 radical (unpaired) electrons. The van der Waals surface area contributed by atoms with E-state index in [1.807, 2.05) is 31.2 Å². The number of anilines is 1. The maximum atomic E-state index is 15.0. The van der Waals surface area contributed by atoms with Crippen LogP contribution < -0.4 is 15.8 Å².